The number of halogens is 2. The monoisotopic (exact) mass is 184 g/mol. The van der Waals surface area contributed by atoms with Gasteiger partial charge in [-0.25, -0.2) is 0 Å². The lowest BCUT2D eigenvalue weighted by Crippen LogP contribution is -2.27. The minimum atomic E-state index is -1.04. The van der Waals surface area contributed by atoms with Crippen LogP contribution in [-0.2, 0) is 9.53 Å². The smallest absolute Gasteiger partial charge is 0.265 e. The number of ether oxygens (including phenoxy) is 1. The number of hydrogen-bond donors (Lipinski definition) is 0. The van der Waals surface area contributed by atoms with Gasteiger partial charge in [-0.1, -0.05) is 11.6 Å². The van der Waals surface area contributed by atoms with Crippen LogP contribution in [0.3, 0.4) is 0 Å². The number of carbonyl (C=O) groups excluding carboxylic acids is 1. The molecule has 0 N–H and O–H groups in total. The zero-order valence-electron chi connectivity index (χ0n) is 6.15. The van der Waals surface area contributed by atoms with Crippen LogP contribution in [0.1, 0.15) is 20.8 Å². The molecule has 0 aromatic rings. The Hall–Kier alpha value is 0.210. The number of rotatable bonds is 2. The Balaban J connectivity index is 3.80. The second-order valence-electron chi connectivity index (χ2n) is 2.85. The largest absolute Gasteiger partial charge is 0.348 e. The van der Waals surface area contributed by atoms with Gasteiger partial charge in [0.05, 0.1) is 5.60 Å². The van der Waals surface area contributed by atoms with E-state index in [4.69, 9.17) is 27.9 Å². The lowest BCUT2D eigenvalue weighted by molar-refractivity contribution is -0.124. The van der Waals surface area contributed by atoms with Crippen molar-refractivity contribution in [2.45, 2.75) is 31.9 Å². The average Bonchev–Trinajstić information content (AvgIpc) is 1.60. The number of hydrogen-bond acceptors (Lipinski definition) is 2. The van der Waals surface area contributed by atoms with E-state index in [0.29, 0.717) is 0 Å². The topological polar surface area (TPSA) is 26.3 Å². The van der Waals surface area contributed by atoms with Gasteiger partial charge in [0, 0.05) is 0 Å². The predicted octanol–water partition coefficient (Wildman–Crippen LogP) is 2.13. The van der Waals surface area contributed by atoms with Crippen molar-refractivity contribution in [3.63, 3.8) is 0 Å². The molecule has 0 rings (SSSR count). The van der Waals surface area contributed by atoms with Crippen LogP contribution in [0.15, 0.2) is 0 Å². The molecule has 0 heterocycles. The summed E-state index contributed by atoms with van der Waals surface area (Å²) in [7, 11) is 0. The third kappa shape index (κ3) is 5.03. The van der Waals surface area contributed by atoms with E-state index in [-0.39, 0.29) is 0 Å². The molecule has 0 amide bonds. The Morgan fingerprint density at radius 1 is 1.50 bits per heavy atom. The fourth-order valence-electron chi connectivity index (χ4n) is 0.357. The van der Waals surface area contributed by atoms with E-state index in [1.165, 1.54) is 0 Å². The van der Waals surface area contributed by atoms with Crippen molar-refractivity contribution < 1.29 is 9.53 Å². The molecule has 0 saturated carbocycles. The first-order valence-corrected chi connectivity index (χ1v) is 3.65. The number of alkyl halides is 1. The van der Waals surface area contributed by atoms with Gasteiger partial charge in [0.1, 0.15) is 0 Å². The summed E-state index contributed by atoms with van der Waals surface area (Å²) in [5.74, 6) is 0. The van der Waals surface area contributed by atoms with E-state index in [0.717, 1.165) is 0 Å². The lowest BCUT2D eigenvalue weighted by atomic mass is 10.2. The first-order chi connectivity index (χ1) is 4.33. The van der Waals surface area contributed by atoms with Crippen LogP contribution in [-0.4, -0.2) is 16.4 Å². The van der Waals surface area contributed by atoms with Crippen molar-refractivity contribution >= 4 is 28.4 Å². The molecular formula is C6H10Cl2O2. The van der Waals surface area contributed by atoms with E-state index in [1.54, 1.807) is 20.8 Å². The standard InChI is InChI=1S/C6H10Cl2O2/c1-6(2,3)10-5(8)4(7)9/h5H,1-3H3. The molecule has 0 aromatic carbocycles. The Bertz CT molecular complexity index is 128. The molecule has 0 fully saturated rings. The summed E-state index contributed by atoms with van der Waals surface area (Å²) in [6, 6.07) is 0. The molecule has 2 nitrogen and oxygen atoms in total. The molecular weight excluding hydrogens is 175 g/mol. The fourth-order valence-corrected chi connectivity index (χ4v) is 0.669. The van der Waals surface area contributed by atoms with Crippen molar-refractivity contribution in [1.82, 2.24) is 0 Å². The zero-order chi connectivity index (χ0) is 8.36. The first-order valence-electron chi connectivity index (χ1n) is 2.84. The highest BCUT2D eigenvalue weighted by Gasteiger charge is 2.20. The van der Waals surface area contributed by atoms with Crippen molar-refractivity contribution in [1.29, 1.82) is 0 Å². The second kappa shape index (κ2) is 3.56. The van der Waals surface area contributed by atoms with Crippen LogP contribution in [0.2, 0.25) is 0 Å². The van der Waals surface area contributed by atoms with Gasteiger partial charge >= 0.3 is 0 Å². The van der Waals surface area contributed by atoms with Gasteiger partial charge in [-0.2, -0.15) is 0 Å². The quantitative estimate of drug-likeness (QED) is 0.486. The van der Waals surface area contributed by atoms with Gasteiger partial charge in [-0.05, 0) is 32.4 Å². The maximum absolute atomic E-state index is 10.3. The average molecular weight is 185 g/mol. The molecule has 0 aliphatic heterocycles. The molecule has 4 heteroatoms. The van der Waals surface area contributed by atoms with Crippen molar-refractivity contribution in [3.8, 4) is 0 Å². The highest BCUT2D eigenvalue weighted by molar-refractivity contribution is 6.68. The molecule has 0 radical (unpaired) electrons. The van der Waals surface area contributed by atoms with Gasteiger partial charge in [0.2, 0.25) is 5.56 Å². The molecule has 0 spiro atoms. The van der Waals surface area contributed by atoms with Gasteiger partial charge in [0.15, 0.2) is 0 Å². The molecule has 1 unspecified atom stereocenters. The normalized spacial score (nSPS) is 14.9. The Labute approximate surface area is 70.4 Å². The minimum absolute atomic E-state index is 0.434. The van der Waals surface area contributed by atoms with E-state index in [1.807, 2.05) is 0 Å². The third-order valence-electron chi connectivity index (χ3n) is 0.635. The summed E-state index contributed by atoms with van der Waals surface area (Å²) in [6.07, 6.45) is 0. The summed E-state index contributed by atoms with van der Waals surface area (Å²) < 4.78 is 4.98. The zero-order valence-corrected chi connectivity index (χ0v) is 7.66. The Morgan fingerprint density at radius 3 is 2.00 bits per heavy atom. The van der Waals surface area contributed by atoms with E-state index >= 15 is 0 Å². The SMILES string of the molecule is CC(C)(C)OC(Cl)C(=O)Cl. The van der Waals surface area contributed by atoms with E-state index in [2.05, 4.69) is 0 Å². The fraction of sp³-hybridized carbons (Fsp3) is 0.833. The van der Waals surface area contributed by atoms with E-state index < -0.39 is 16.4 Å². The van der Waals surface area contributed by atoms with E-state index in [9.17, 15) is 4.79 Å². The van der Waals surface area contributed by atoms with Crippen molar-refractivity contribution in [2.75, 3.05) is 0 Å². The summed E-state index contributed by atoms with van der Waals surface area (Å²) in [6.45, 7) is 5.38. The molecule has 10 heavy (non-hydrogen) atoms. The Kier molecular flexibility index (Phi) is 3.63. The highest BCUT2D eigenvalue weighted by Crippen LogP contribution is 2.14. The molecule has 0 aliphatic rings. The van der Waals surface area contributed by atoms with Crippen molar-refractivity contribution in [2.24, 2.45) is 0 Å². The van der Waals surface area contributed by atoms with Gasteiger partial charge < -0.3 is 4.74 Å². The van der Waals surface area contributed by atoms with Crippen LogP contribution in [0.25, 0.3) is 0 Å². The maximum atomic E-state index is 10.3. The molecule has 0 saturated heterocycles. The maximum Gasteiger partial charge on any atom is 0.265 e. The lowest BCUT2D eigenvalue weighted by Gasteiger charge is -2.20. The van der Waals surface area contributed by atoms with Crippen LogP contribution in [0, 0.1) is 0 Å². The summed E-state index contributed by atoms with van der Waals surface area (Å²) >= 11 is 10.4. The molecule has 0 bridgehead atoms. The van der Waals surface area contributed by atoms with Crippen LogP contribution >= 0.6 is 23.2 Å². The highest BCUT2D eigenvalue weighted by atomic mass is 35.5. The Morgan fingerprint density at radius 2 is 1.90 bits per heavy atom. The van der Waals surface area contributed by atoms with Crippen molar-refractivity contribution in [3.05, 3.63) is 0 Å². The van der Waals surface area contributed by atoms with Gasteiger partial charge in [-0.3, -0.25) is 4.79 Å². The molecule has 0 aliphatic carbocycles. The predicted molar refractivity (Wildman–Crippen MR) is 41.3 cm³/mol. The molecule has 1 atom stereocenters. The minimum Gasteiger partial charge on any atom is -0.348 e. The van der Waals surface area contributed by atoms with Crippen LogP contribution < -0.4 is 0 Å². The summed E-state index contributed by atoms with van der Waals surface area (Å²) in [4.78, 5) is 10.3. The van der Waals surface area contributed by atoms with Gasteiger partial charge in [0.25, 0.3) is 5.24 Å². The van der Waals surface area contributed by atoms with Crippen LogP contribution in [0.4, 0.5) is 0 Å². The van der Waals surface area contributed by atoms with Gasteiger partial charge in [-0.15, -0.1) is 0 Å². The molecule has 60 valence electrons. The third-order valence-corrected chi connectivity index (χ3v) is 1.23. The molecule has 0 aromatic heterocycles. The first kappa shape index (κ1) is 10.2. The number of carbonyl (C=O) groups is 1. The van der Waals surface area contributed by atoms with Crippen LogP contribution in [0.5, 0.6) is 0 Å². The summed E-state index contributed by atoms with van der Waals surface area (Å²) in [5, 5.41) is -0.684. The second-order valence-corrected chi connectivity index (χ2v) is 3.62. The summed E-state index contributed by atoms with van der Waals surface area (Å²) in [5.41, 5.74) is -1.47.